The number of phenols is 4. The fraction of sp³-hybridized carbons (Fsp3) is 0.232. The van der Waals surface area contributed by atoms with Crippen molar-refractivity contribution in [3.63, 3.8) is 0 Å². The number of aromatic hydroxyl groups is 4. The van der Waals surface area contributed by atoms with Crippen molar-refractivity contribution in [2.45, 2.75) is 81.1 Å². The van der Waals surface area contributed by atoms with Crippen LogP contribution in [0.5, 0.6) is 28.7 Å². The molecule has 376 valence electrons. The normalized spacial score (nSPS) is 10.8. The van der Waals surface area contributed by atoms with Crippen molar-refractivity contribution >= 4 is 125 Å². The smallest absolute Gasteiger partial charge is 0.303 e. The average molecular weight is 1080 g/mol. The van der Waals surface area contributed by atoms with Crippen molar-refractivity contribution in [3.05, 3.63) is 158 Å². The molecule has 9 rings (SSSR count). The van der Waals surface area contributed by atoms with Gasteiger partial charge in [0.25, 0.3) is 0 Å². The number of aryl methyl sites for hydroxylation is 8. The first-order valence-corrected chi connectivity index (χ1v) is 28.3. The third kappa shape index (κ3) is 13.8. The van der Waals surface area contributed by atoms with Crippen molar-refractivity contribution in [2.24, 2.45) is 0 Å². The molecule has 0 saturated heterocycles. The van der Waals surface area contributed by atoms with Gasteiger partial charge in [0.15, 0.2) is 17.2 Å². The predicted octanol–water partition coefficient (Wildman–Crippen LogP) is 18.2. The Labute approximate surface area is 445 Å². The Morgan fingerprint density at radius 3 is 1.21 bits per heavy atom. The van der Waals surface area contributed by atoms with Gasteiger partial charge < -0.3 is 45.0 Å². The molecule has 5 N–H and O–H groups in total. The number of hydrogen-bond donors (Lipinski definition) is 5. The van der Waals surface area contributed by atoms with Gasteiger partial charge in [0, 0.05) is 90.5 Å². The van der Waals surface area contributed by atoms with Crippen LogP contribution in [0.15, 0.2) is 119 Å². The Morgan fingerprint density at radius 2 is 0.861 bits per heavy atom. The lowest BCUT2D eigenvalue weighted by Gasteiger charge is -2.25. The molecule has 6 heterocycles. The first-order valence-electron chi connectivity index (χ1n) is 23.2. The molecule has 6 aromatic heterocycles. The second-order valence-corrected chi connectivity index (χ2v) is 24.5. The highest BCUT2D eigenvalue weighted by molar-refractivity contribution is 7.13. The van der Waals surface area contributed by atoms with E-state index in [2.05, 4.69) is 135 Å². The lowest BCUT2D eigenvalue weighted by molar-refractivity contribution is -0.137. The molecule has 0 fully saturated rings. The maximum atomic E-state index is 10.5. The van der Waals surface area contributed by atoms with Gasteiger partial charge in [-0.1, -0.05) is 0 Å². The number of unbranched alkanes of at least 4 members (excludes halogenated alkanes) is 2. The first kappa shape index (κ1) is 53.5. The van der Waals surface area contributed by atoms with Gasteiger partial charge in [0.1, 0.15) is 11.5 Å². The standard InChI is InChI=1S/C22H25NO3S2.C18H19NO3S2.C16H15NOS2/c1-16-12-19(14-27-16)23(20-13-17(2)28-15-20)18-7-9-21(10-8-18)26-11-5-3-4-6-22(24)25;1-9-5-14(11(3)23-9)19(15-6-10(2)24-12(15)4)13-7-16(20)18(22)17(21)8-13;1-11-7-14(9-19-11)17(15-8-12(2)20-10-15)13-3-5-16(18)6-4-13/h7-10,12-15H,3-6,11H2,1-2H3,(H,24,25);5-8,20-22H,1-4H3;3-10,18H,1-2H3. The van der Waals surface area contributed by atoms with Crippen LogP contribution < -0.4 is 19.4 Å². The van der Waals surface area contributed by atoms with Crippen LogP contribution >= 0.6 is 68.0 Å². The number of carboxylic acid groups (broad SMARTS) is 1. The van der Waals surface area contributed by atoms with E-state index in [1.807, 2.05) is 29.2 Å². The van der Waals surface area contributed by atoms with E-state index in [-0.39, 0.29) is 23.7 Å². The monoisotopic (exact) mass is 1080 g/mol. The van der Waals surface area contributed by atoms with Gasteiger partial charge in [-0.2, -0.15) is 0 Å². The molecule has 3 aromatic carbocycles. The van der Waals surface area contributed by atoms with Gasteiger partial charge in [-0.05, 0) is 160 Å². The summed E-state index contributed by atoms with van der Waals surface area (Å²) in [7, 11) is 0. The number of benzene rings is 3. The Bertz CT molecular complexity index is 3050. The zero-order valence-electron chi connectivity index (χ0n) is 41.4. The zero-order valence-corrected chi connectivity index (χ0v) is 46.3. The number of thiophene rings is 6. The fourth-order valence-corrected chi connectivity index (χ4v) is 12.4. The minimum atomic E-state index is -0.734. The van der Waals surface area contributed by atoms with Crippen molar-refractivity contribution in [3.8, 4) is 28.7 Å². The molecule has 0 atom stereocenters. The Kier molecular flexibility index (Phi) is 18.2. The van der Waals surface area contributed by atoms with Gasteiger partial charge in [0.05, 0.1) is 46.4 Å². The molecule has 10 nitrogen and oxygen atoms in total. The van der Waals surface area contributed by atoms with E-state index in [1.54, 1.807) is 80.2 Å². The van der Waals surface area contributed by atoms with Crippen LogP contribution in [-0.2, 0) is 4.79 Å². The van der Waals surface area contributed by atoms with Crippen LogP contribution in [0.2, 0.25) is 0 Å². The molecular weight excluding hydrogens is 1020 g/mol. The zero-order chi connectivity index (χ0) is 51.6. The summed E-state index contributed by atoms with van der Waals surface area (Å²) in [5.41, 5.74) is 9.44. The average Bonchev–Trinajstić information content (AvgIpc) is 4.23. The largest absolute Gasteiger partial charge is 0.508 e. The summed E-state index contributed by atoms with van der Waals surface area (Å²) in [6, 6.07) is 31.4. The second kappa shape index (κ2) is 24.4. The van der Waals surface area contributed by atoms with Crippen molar-refractivity contribution in [1.82, 2.24) is 0 Å². The summed E-state index contributed by atoms with van der Waals surface area (Å²) >= 11 is 10.4. The van der Waals surface area contributed by atoms with E-state index in [4.69, 9.17) is 9.84 Å². The summed E-state index contributed by atoms with van der Waals surface area (Å²) in [6.07, 6.45) is 2.66. The molecule has 0 radical (unpaired) electrons. The third-order valence-corrected chi connectivity index (χ3v) is 16.5. The van der Waals surface area contributed by atoms with Gasteiger partial charge in [-0.3, -0.25) is 4.79 Å². The molecule has 16 heteroatoms. The SMILES string of the molecule is Cc1cc(N(c2cc(O)c(O)c(O)c2)c2cc(C)sc2C)c(C)s1.Cc1cc(N(c2ccc(O)cc2)c2csc(C)c2)cs1.Cc1cc(N(c2ccc(OCCCCCC(=O)O)cc2)c2csc(C)c2)cs1. The van der Waals surface area contributed by atoms with Crippen LogP contribution in [0.4, 0.5) is 51.2 Å². The summed E-state index contributed by atoms with van der Waals surface area (Å²) in [6.45, 7) is 17.3. The second-order valence-electron chi connectivity index (χ2n) is 17.2. The summed E-state index contributed by atoms with van der Waals surface area (Å²) in [5, 5.41) is 56.4. The summed E-state index contributed by atoms with van der Waals surface area (Å²) < 4.78 is 5.81. The number of nitrogens with zero attached hydrogens (tertiary/aromatic N) is 3. The van der Waals surface area contributed by atoms with E-state index in [0.29, 0.717) is 18.7 Å². The quantitative estimate of drug-likeness (QED) is 0.0470. The lowest BCUT2D eigenvalue weighted by atomic mass is 10.2. The van der Waals surface area contributed by atoms with E-state index >= 15 is 0 Å². The molecule has 0 spiro atoms. The van der Waals surface area contributed by atoms with Crippen LogP contribution in [-0.4, -0.2) is 38.1 Å². The Balaban J connectivity index is 0.000000161. The van der Waals surface area contributed by atoms with Crippen molar-refractivity contribution in [1.29, 1.82) is 0 Å². The number of carboxylic acids is 1. The third-order valence-electron chi connectivity index (χ3n) is 11.2. The van der Waals surface area contributed by atoms with E-state index in [9.17, 15) is 25.2 Å². The molecular formula is C56H59N3O7S6. The summed E-state index contributed by atoms with van der Waals surface area (Å²) in [4.78, 5) is 26.8. The van der Waals surface area contributed by atoms with Gasteiger partial charge >= 0.3 is 5.97 Å². The van der Waals surface area contributed by atoms with Gasteiger partial charge in [0.2, 0.25) is 0 Å². The fourth-order valence-electron chi connectivity index (χ4n) is 7.93. The number of phenolic OH excluding ortho intramolecular Hbond substituents is 4. The molecule has 0 aliphatic carbocycles. The number of rotatable bonds is 16. The molecule has 0 unspecified atom stereocenters. The van der Waals surface area contributed by atoms with Gasteiger partial charge in [-0.15, -0.1) is 68.0 Å². The molecule has 72 heavy (non-hydrogen) atoms. The highest BCUT2D eigenvalue weighted by Crippen LogP contribution is 2.48. The Morgan fingerprint density at radius 1 is 0.458 bits per heavy atom. The highest BCUT2D eigenvalue weighted by Gasteiger charge is 2.23. The van der Waals surface area contributed by atoms with Crippen molar-refractivity contribution < 1.29 is 35.1 Å². The predicted molar refractivity (Wildman–Crippen MR) is 307 cm³/mol. The first-order chi connectivity index (χ1) is 34.4. The minimum absolute atomic E-state index is 0.231. The Hall–Kier alpha value is -6.27. The number of carbonyl (C=O) groups is 1. The number of hydrogen-bond acceptors (Lipinski definition) is 15. The molecule has 9 aromatic rings. The number of aliphatic carboxylic acids is 1. The van der Waals surface area contributed by atoms with E-state index in [1.165, 1.54) is 52.8 Å². The number of ether oxygens (including phenoxy) is 1. The molecule has 0 amide bonds. The van der Waals surface area contributed by atoms with E-state index < -0.39 is 11.7 Å². The number of anilines is 9. The van der Waals surface area contributed by atoms with Crippen LogP contribution in [0, 0.1) is 55.4 Å². The van der Waals surface area contributed by atoms with E-state index in [0.717, 1.165) is 62.5 Å². The van der Waals surface area contributed by atoms with Crippen LogP contribution in [0.25, 0.3) is 0 Å². The van der Waals surface area contributed by atoms with Crippen LogP contribution in [0.1, 0.15) is 64.7 Å². The van der Waals surface area contributed by atoms with Gasteiger partial charge in [-0.25, -0.2) is 0 Å². The minimum Gasteiger partial charge on any atom is -0.508 e. The highest BCUT2D eigenvalue weighted by atomic mass is 32.1. The molecule has 0 aliphatic heterocycles. The topological polar surface area (TPSA) is 137 Å². The van der Waals surface area contributed by atoms with Crippen molar-refractivity contribution in [2.75, 3.05) is 21.3 Å². The lowest BCUT2D eigenvalue weighted by Crippen LogP contribution is -2.10. The maximum Gasteiger partial charge on any atom is 0.303 e. The van der Waals surface area contributed by atoms with Crippen LogP contribution in [0.3, 0.4) is 0 Å². The summed E-state index contributed by atoms with van der Waals surface area (Å²) in [5.74, 6) is -0.798. The molecule has 0 aliphatic rings. The molecule has 0 saturated carbocycles. The maximum absolute atomic E-state index is 10.5. The molecule has 0 bridgehead atoms.